The van der Waals surface area contributed by atoms with Gasteiger partial charge in [0.15, 0.2) is 5.01 Å². The first kappa shape index (κ1) is 38.9. The van der Waals surface area contributed by atoms with Crippen molar-refractivity contribution in [3.05, 3.63) is 52.6 Å². The third-order valence-electron chi connectivity index (χ3n) is 11.0. The summed E-state index contributed by atoms with van der Waals surface area (Å²) in [6, 6.07) is 3.66. The van der Waals surface area contributed by atoms with Crippen molar-refractivity contribution in [1.29, 1.82) is 0 Å². The number of benzene rings is 1. The van der Waals surface area contributed by atoms with Crippen molar-refractivity contribution >= 4 is 51.1 Å². The van der Waals surface area contributed by atoms with Crippen LogP contribution in [-0.2, 0) is 29.1 Å². The molecule has 4 heterocycles. The number of ether oxygens (including phenoxy) is 1. The molecule has 2 aliphatic carbocycles. The number of rotatable bonds is 6. The fraction of sp³-hybridized carbons (Fsp3) is 0.579. The second kappa shape index (κ2) is 14.9. The summed E-state index contributed by atoms with van der Waals surface area (Å²) in [5, 5.41) is 6.93. The molecule has 2 saturated heterocycles. The van der Waals surface area contributed by atoms with Crippen molar-refractivity contribution in [2.24, 2.45) is 17.8 Å². The molecule has 5 amide bonds. The van der Waals surface area contributed by atoms with E-state index >= 15 is 0 Å². The summed E-state index contributed by atoms with van der Waals surface area (Å²) in [4.78, 5) is 77.3. The van der Waals surface area contributed by atoms with E-state index in [1.807, 2.05) is 12.2 Å². The number of nitrogens with one attached hydrogen (secondary N) is 3. The Morgan fingerprint density at radius 2 is 1.78 bits per heavy atom. The van der Waals surface area contributed by atoms with Crippen molar-refractivity contribution in [1.82, 2.24) is 30.1 Å². The van der Waals surface area contributed by atoms with E-state index in [9.17, 15) is 36.8 Å². The Morgan fingerprint density at radius 3 is 2.49 bits per heavy atom. The molecule has 55 heavy (non-hydrogen) atoms. The molecule has 296 valence electrons. The zero-order valence-electron chi connectivity index (χ0n) is 31.1. The van der Waals surface area contributed by atoms with Gasteiger partial charge in [-0.15, -0.1) is 11.3 Å². The van der Waals surface area contributed by atoms with E-state index in [0.717, 1.165) is 24.2 Å². The Bertz CT molecular complexity index is 1990. The third kappa shape index (κ3) is 8.42. The minimum Gasteiger partial charge on any atom is -0.444 e. The number of fused-ring (bicyclic) bond motifs is 4. The summed E-state index contributed by atoms with van der Waals surface area (Å²) in [5.41, 5.74) is -1.18. The van der Waals surface area contributed by atoms with Crippen molar-refractivity contribution in [2.45, 2.75) is 101 Å². The standard InChI is InChI=1S/C38H47FN6O8S2/c1-37(2,3)53-36(50)41-28-10-8-6-4-5-7-9-24-17-38(24,35(49)43-55(51,52)26-15-16-26)42-31(46)30-27-20-44(18-23(27)19-45(30)33(28)47)34(48)32-40-29(21-54-32)22-11-13-25(39)14-12-22/h7,9,11-14,21,23-24,26-28,30H,4-6,8,10,15-20H2,1-3H3,(H,41,50)(H,42,46)(H,43,49)/b9-7-/t23-,24-,27-,28+,30-,38+/m0/s1. The van der Waals surface area contributed by atoms with Crippen molar-refractivity contribution in [3.8, 4) is 11.3 Å². The minimum absolute atomic E-state index is 0.106. The molecule has 2 saturated carbocycles. The molecule has 2 aromatic rings. The fourth-order valence-electron chi connectivity index (χ4n) is 7.95. The van der Waals surface area contributed by atoms with Crippen LogP contribution < -0.4 is 15.4 Å². The van der Waals surface area contributed by atoms with Gasteiger partial charge in [0, 0.05) is 48.3 Å². The molecule has 3 N–H and O–H groups in total. The number of carbonyl (C=O) groups excluding carboxylic acids is 5. The van der Waals surface area contributed by atoms with Crippen LogP contribution in [0.15, 0.2) is 41.8 Å². The minimum atomic E-state index is -3.92. The molecular weight excluding hydrogens is 752 g/mol. The van der Waals surface area contributed by atoms with Crippen LogP contribution >= 0.6 is 11.3 Å². The molecule has 3 aliphatic heterocycles. The summed E-state index contributed by atoms with van der Waals surface area (Å²) < 4.78 is 47.0. The highest BCUT2D eigenvalue weighted by atomic mass is 32.2. The molecular formula is C38H47FN6O8S2. The van der Waals surface area contributed by atoms with Crippen LogP contribution in [0, 0.1) is 23.6 Å². The van der Waals surface area contributed by atoms with Crippen LogP contribution in [0.2, 0.25) is 0 Å². The molecule has 6 atom stereocenters. The normalized spacial score (nSPS) is 29.1. The first-order valence-electron chi connectivity index (χ1n) is 18.9. The number of amides is 5. The van der Waals surface area contributed by atoms with Crippen LogP contribution in [0.1, 0.15) is 81.9 Å². The molecule has 1 aromatic carbocycles. The average molecular weight is 799 g/mol. The maximum Gasteiger partial charge on any atom is 0.408 e. The SMILES string of the molecule is CC(C)(C)OC(=O)N[C@@H]1CCCCC/C=C\[C@H]2C[C@@]2(C(=O)NS(=O)(=O)C2CC2)NC(=O)[C@@H]2[C@H]3CN(C(=O)c4nc(-c5ccc(F)cc5)cs4)C[C@H]3CN2C1=O. The molecule has 14 nitrogen and oxygen atoms in total. The van der Waals surface area contributed by atoms with Gasteiger partial charge in [-0.1, -0.05) is 25.0 Å². The predicted molar refractivity (Wildman–Crippen MR) is 200 cm³/mol. The van der Waals surface area contributed by atoms with E-state index in [1.165, 1.54) is 17.0 Å². The molecule has 7 rings (SSSR count). The number of aromatic nitrogens is 1. The fourth-order valence-corrected chi connectivity index (χ4v) is 10.1. The second-order valence-electron chi connectivity index (χ2n) is 16.3. The number of nitrogens with zero attached hydrogens (tertiary/aromatic N) is 3. The number of sulfonamides is 1. The maximum atomic E-state index is 14.6. The number of hydrogen-bond acceptors (Lipinski definition) is 10. The predicted octanol–water partition coefficient (Wildman–Crippen LogP) is 3.75. The topological polar surface area (TPSA) is 184 Å². The van der Waals surface area contributed by atoms with E-state index in [0.29, 0.717) is 43.4 Å². The molecule has 0 bridgehead atoms. The first-order chi connectivity index (χ1) is 26.0. The first-order valence-corrected chi connectivity index (χ1v) is 21.3. The number of carbonyl (C=O) groups is 5. The van der Waals surface area contributed by atoms with E-state index < -0.39 is 74.1 Å². The van der Waals surface area contributed by atoms with Gasteiger partial charge >= 0.3 is 6.09 Å². The third-order valence-corrected chi connectivity index (χ3v) is 13.7. The van der Waals surface area contributed by atoms with E-state index in [1.54, 1.807) is 43.2 Å². The summed E-state index contributed by atoms with van der Waals surface area (Å²) >= 11 is 1.15. The lowest BCUT2D eigenvalue weighted by atomic mass is 9.93. The van der Waals surface area contributed by atoms with E-state index in [-0.39, 0.29) is 48.7 Å². The van der Waals surface area contributed by atoms with Crippen LogP contribution in [0.4, 0.5) is 9.18 Å². The van der Waals surface area contributed by atoms with Gasteiger partial charge in [0.05, 0.1) is 10.9 Å². The molecule has 17 heteroatoms. The lowest BCUT2D eigenvalue weighted by Crippen LogP contribution is -2.60. The Balaban J connectivity index is 1.17. The van der Waals surface area contributed by atoms with Gasteiger partial charge in [0.25, 0.3) is 11.8 Å². The van der Waals surface area contributed by atoms with E-state index in [2.05, 4.69) is 20.3 Å². The Hall–Kier alpha value is -4.38. The van der Waals surface area contributed by atoms with Gasteiger partial charge in [0.2, 0.25) is 21.8 Å². The highest BCUT2D eigenvalue weighted by molar-refractivity contribution is 7.91. The quantitative estimate of drug-likeness (QED) is 0.367. The highest BCUT2D eigenvalue weighted by Gasteiger charge is 2.63. The van der Waals surface area contributed by atoms with Crippen LogP contribution in [-0.4, -0.2) is 101 Å². The highest BCUT2D eigenvalue weighted by Crippen LogP contribution is 2.47. The summed E-state index contributed by atoms with van der Waals surface area (Å²) in [6.07, 6.45) is 7.24. The number of likely N-dealkylation sites (tertiary alicyclic amines) is 1. The lowest BCUT2D eigenvalue weighted by Gasteiger charge is -2.33. The van der Waals surface area contributed by atoms with Crippen molar-refractivity contribution in [2.75, 3.05) is 19.6 Å². The number of allylic oxidation sites excluding steroid dienone is 1. The molecule has 0 spiro atoms. The number of thiazole rings is 1. The second-order valence-corrected chi connectivity index (χ2v) is 19.1. The smallest absolute Gasteiger partial charge is 0.408 e. The largest absolute Gasteiger partial charge is 0.444 e. The Morgan fingerprint density at radius 1 is 1.04 bits per heavy atom. The van der Waals surface area contributed by atoms with Gasteiger partial charge in [-0.05, 0) is 83.6 Å². The molecule has 5 aliphatic rings. The molecule has 4 fully saturated rings. The zero-order chi connectivity index (χ0) is 39.3. The van der Waals surface area contributed by atoms with E-state index in [4.69, 9.17) is 4.74 Å². The average Bonchev–Trinajstić information content (AvgIpc) is 3.93. The molecule has 0 unspecified atom stereocenters. The van der Waals surface area contributed by atoms with Gasteiger partial charge in [-0.3, -0.25) is 23.9 Å². The van der Waals surface area contributed by atoms with Gasteiger partial charge in [-0.25, -0.2) is 22.6 Å². The van der Waals surface area contributed by atoms with Gasteiger partial charge < -0.3 is 25.2 Å². The zero-order valence-corrected chi connectivity index (χ0v) is 32.7. The van der Waals surface area contributed by atoms with Gasteiger partial charge in [0.1, 0.15) is 29.0 Å². The van der Waals surface area contributed by atoms with Crippen LogP contribution in [0.3, 0.4) is 0 Å². The summed E-state index contributed by atoms with van der Waals surface area (Å²) in [6.45, 7) is 5.60. The van der Waals surface area contributed by atoms with Crippen LogP contribution in [0.5, 0.6) is 0 Å². The summed E-state index contributed by atoms with van der Waals surface area (Å²) in [5.74, 6) is -3.98. The summed E-state index contributed by atoms with van der Waals surface area (Å²) in [7, 11) is -3.92. The lowest BCUT2D eigenvalue weighted by molar-refractivity contribution is -0.142. The monoisotopic (exact) mass is 798 g/mol. The molecule has 1 aromatic heterocycles. The van der Waals surface area contributed by atoms with Crippen molar-refractivity contribution < 1.29 is 41.5 Å². The number of halogens is 1. The van der Waals surface area contributed by atoms with Gasteiger partial charge in [-0.2, -0.15) is 0 Å². The Labute approximate surface area is 323 Å². The van der Waals surface area contributed by atoms with Crippen molar-refractivity contribution in [3.63, 3.8) is 0 Å². The molecule has 0 radical (unpaired) electrons. The number of hydrogen-bond donors (Lipinski definition) is 3. The van der Waals surface area contributed by atoms with Crippen LogP contribution in [0.25, 0.3) is 11.3 Å². The number of alkyl carbamates (subject to hydrolysis) is 1. The Kier molecular flexibility index (Phi) is 10.6. The maximum absolute atomic E-state index is 14.6.